The van der Waals surface area contributed by atoms with Crippen LogP contribution in [0.3, 0.4) is 0 Å². The Morgan fingerprint density at radius 2 is 2.25 bits per heavy atom. The second-order valence-electron chi connectivity index (χ2n) is 3.78. The normalized spacial score (nSPS) is 29.6. The zero-order valence-electron chi connectivity index (χ0n) is 7.79. The number of likely N-dealkylation sites (N-methyl/N-ethyl adjacent to an activating group) is 1. The molecule has 0 heterocycles. The zero-order chi connectivity index (χ0) is 9.14. The number of carboxylic acid groups (broad SMARTS) is 1. The summed E-state index contributed by atoms with van der Waals surface area (Å²) in [5.41, 5.74) is 0. The van der Waals surface area contributed by atoms with Crippen molar-refractivity contribution in [2.75, 3.05) is 13.6 Å². The number of hydrogen-bond acceptors (Lipinski definition) is 2. The Balaban J connectivity index is 2.40. The Kier molecular flexibility index (Phi) is 3.09. The molecule has 1 rings (SSSR count). The summed E-state index contributed by atoms with van der Waals surface area (Å²) >= 11 is 0. The first-order chi connectivity index (χ1) is 5.61. The average Bonchev–Trinajstić information content (AvgIpc) is 2.33. The molecule has 0 saturated heterocycles. The van der Waals surface area contributed by atoms with Crippen LogP contribution in [0, 0.1) is 5.92 Å². The number of aliphatic carboxylic acids is 1. The van der Waals surface area contributed by atoms with Gasteiger partial charge in [0, 0.05) is 6.04 Å². The Bertz CT molecular complexity index is 170. The van der Waals surface area contributed by atoms with Gasteiger partial charge in [0.2, 0.25) is 0 Å². The van der Waals surface area contributed by atoms with Crippen LogP contribution in [0.15, 0.2) is 0 Å². The van der Waals surface area contributed by atoms with Gasteiger partial charge in [0.25, 0.3) is 0 Å². The van der Waals surface area contributed by atoms with Crippen molar-refractivity contribution >= 4 is 5.97 Å². The fourth-order valence-electron chi connectivity index (χ4n) is 2.11. The summed E-state index contributed by atoms with van der Waals surface area (Å²) in [6.45, 7) is 2.38. The Hall–Kier alpha value is -0.570. The van der Waals surface area contributed by atoms with Crippen LogP contribution < -0.4 is 0 Å². The van der Waals surface area contributed by atoms with Crippen molar-refractivity contribution in [3.63, 3.8) is 0 Å². The monoisotopic (exact) mass is 171 g/mol. The van der Waals surface area contributed by atoms with Gasteiger partial charge in [0.05, 0.1) is 6.54 Å². The van der Waals surface area contributed by atoms with Gasteiger partial charge in [-0.15, -0.1) is 0 Å². The summed E-state index contributed by atoms with van der Waals surface area (Å²) in [7, 11) is 1.90. The SMILES string of the molecule is C[C@H]1CCC[C@@H]1N(C)CC(=O)O. The van der Waals surface area contributed by atoms with Crippen LogP contribution in [0.4, 0.5) is 0 Å². The Morgan fingerprint density at radius 1 is 1.58 bits per heavy atom. The molecule has 0 bridgehead atoms. The lowest BCUT2D eigenvalue weighted by Gasteiger charge is -2.25. The van der Waals surface area contributed by atoms with Crippen molar-refractivity contribution in [1.29, 1.82) is 0 Å². The van der Waals surface area contributed by atoms with Crippen molar-refractivity contribution in [3.05, 3.63) is 0 Å². The number of nitrogens with zero attached hydrogens (tertiary/aromatic N) is 1. The molecule has 1 aliphatic carbocycles. The first-order valence-corrected chi connectivity index (χ1v) is 4.53. The molecule has 0 unspecified atom stereocenters. The molecular weight excluding hydrogens is 154 g/mol. The molecule has 0 aromatic rings. The van der Waals surface area contributed by atoms with E-state index in [1.807, 2.05) is 11.9 Å². The molecule has 2 atom stereocenters. The molecule has 1 fully saturated rings. The average molecular weight is 171 g/mol. The third-order valence-corrected chi connectivity index (χ3v) is 2.77. The number of rotatable bonds is 3. The molecule has 0 spiro atoms. The van der Waals surface area contributed by atoms with Gasteiger partial charge in [-0.25, -0.2) is 0 Å². The molecule has 1 saturated carbocycles. The lowest BCUT2D eigenvalue weighted by atomic mass is 10.1. The molecule has 1 aliphatic rings. The van der Waals surface area contributed by atoms with E-state index in [1.54, 1.807) is 0 Å². The van der Waals surface area contributed by atoms with Gasteiger partial charge in [-0.1, -0.05) is 13.3 Å². The molecule has 0 aromatic carbocycles. The fraction of sp³-hybridized carbons (Fsp3) is 0.889. The van der Waals surface area contributed by atoms with Crippen LogP contribution in [0.25, 0.3) is 0 Å². The van der Waals surface area contributed by atoms with Crippen LogP contribution in [0.1, 0.15) is 26.2 Å². The lowest BCUT2D eigenvalue weighted by molar-refractivity contribution is -0.138. The summed E-state index contributed by atoms with van der Waals surface area (Å²) in [4.78, 5) is 12.4. The Morgan fingerprint density at radius 3 is 2.67 bits per heavy atom. The van der Waals surface area contributed by atoms with Crippen LogP contribution in [-0.2, 0) is 4.79 Å². The van der Waals surface area contributed by atoms with Gasteiger partial charge in [-0.2, -0.15) is 0 Å². The molecule has 3 heteroatoms. The van der Waals surface area contributed by atoms with E-state index < -0.39 is 5.97 Å². The third-order valence-electron chi connectivity index (χ3n) is 2.77. The van der Waals surface area contributed by atoms with Gasteiger partial charge in [-0.05, 0) is 25.8 Å². The van der Waals surface area contributed by atoms with E-state index >= 15 is 0 Å². The molecule has 0 aliphatic heterocycles. The largest absolute Gasteiger partial charge is 0.480 e. The summed E-state index contributed by atoms with van der Waals surface area (Å²) in [6.07, 6.45) is 3.65. The first kappa shape index (κ1) is 9.52. The van der Waals surface area contributed by atoms with Crippen molar-refractivity contribution in [2.24, 2.45) is 5.92 Å². The maximum atomic E-state index is 10.4. The second kappa shape index (κ2) is 3.90. The third kappa shape index (κ3) is 2.21. The Labute approximate surface area is 73.4 Å². The molecule has 0 amide bonds. The van der Waals surface area contributed by atoms with E-state index in [2.05, 4.69) is 6.92 Å². The van der Waals surface area contributed by atoms with E-state index in [9.17, 15) is 4.79 Å². The molecule has 3 nitrogen and oxygen atoms in total. The summed E-state index contributed by atoms with van der Waals surface area (Å²) < 4.78 is 0. The van der Waals surface area contributed by atoms with E-state index in [4.69, 9.17) is 5.11 Å². The van der Waals surface area contributed by atoms with E-state index in [-0.39, 0.29) is 6.54 Å². The zero-order valence-corrected chi connectivity index (χ0v) is 7.79. The van der Waals surface area contributed by atoms with E-state index in [0.29, 0.717) is 12.0 Å². The van der Waals surface area contributed by atoms with Crippen LogP contribution in [-0.4, -0.2) is 35.6 Å². The molecule has 1 N–H and O–H groups in total. The van der Waals surface area contributed by atoms with E-state index in [0.717, 1.165) is 6.42 Å². The van der Waals surface area contributed by atoms with E-state index in [1.165, 1.54) is 12.8 Å². The molecule has 0 radical (unpaired) electrons. The molecule has 12 heavy (non-hydrogen) atoms. The van der Waals surface area contributed by atoms with Gasteiger partial charge < -0.3 is 5.11 Å². The predicted octanol–water partition coefficient (Wildman–Crippen LogP) is 1.19. The topological polar surface area (TPSA) is 40.5 Å². The summed E-state index contributed by atoms with van der Waals surface area (Å²) in [6, 6.07) is 0.487. The highest BCUT2D eigenvalue weighted by atomic mass is 16.4. The van der Waals surface area contributed by atoms with Crippen molar-refractivity contribution in [2.45, 2.75) is 32.2 Å². The lowest BCUT2D eigenvalue weighted by Crippen LogP contribution is -2.37. The molecular formula is C9H17NO2. The number of carbonyl (C=O) groups is 1. The van der Waals surface area contributed by atoms with Gasteiger partial charge >= 0.3 is 5.97 Å². The second-order valence-corrected chi connectivity index (χ2v) is 3.78. The van der Waals surface area contributed by atoms with Gasteiger partial charge in [0.15, 0.2) is 0 Å². The highest BCUT2D eigenvalue weighted by Gasteiger charge is 2.27. The van der Waals surface area contributed by atoms with Crippen molar-refractivity contribution in [1.82, 2.24) is 4.90 Å². The maximum absolute atomic E-state index is 10.4. The maximum Gasteiger partial charge on any atom is 0.317 e. The van der Waals surface area contributed by atoms with Gasteiger partial charge in [-0.3, -0.25) is 9.69 Å². The highest BCUT2D eigenvalue weighted by Crippen LogP contribution is 2.28. The minimum absolute atomic E-state index is 0.176. The minimum Gasteiger partial charge on any atom is -0.480 e. The van der Waals surface area contributed by atoms with Crippen LogP contribution in [0.2, 0.25) is 0 Å². The highest BCUT2D eigenvalue weighted by molar-refractivity contribution is 5.69. The predicted molar refractivity (Wildman–Crippen MR) is 47.1 cm³/mol. The van der Waals surface area contributed by atoms with Crippen LogP contribution in [0.5, 0.6) is 0 Å². The smallest absolute Gasteiger partial charge is 0.317 e. The first-order valence-electron chi connectivity index (χ1n) is 4.53. The number of carboxylic acids is 1. The summed E-state index contributed by atoms with van der Waals surface area (Å²) in [5.74, 6) is -0.0639. The fourth-order valence-corrected chi connectivity index (χ4v) is 2.11. The summed E-state index contributed by atoms with van der Waals surface area (Å²) in [5, 5.41) is 8.59. The van der Waals surface area contributed by atoms with Crippen molar-refractivity contribution in [3.8, 4) is 0 Å². The molecule has 70 valence electrons. The number of hydrogen-bond donors (Lipinski definition) is 1. The standard InChI is InChI=1S/C9H17NO2/c1-7-4-3-5-8(7)10(2)6-9(11)12/h7-8H,3-6H2,1-2H3,(H,11,12)/t7-,8-/m0/s1. The van der Waals surface area contributed by atoms with Crippen molar-refractivity contribution < 1.29 is 9.90 Å². The minimum atomic E-state index is -0.725. The van der Waals surface area contributed by atoms with Gasteiger partial charge in [0.1, 0.15) is 0 Å². The van der Waals surface area contributed by atoms with Crippen LogP contribution >= 0.6 is 0 Å². The quantitative estimate of drug-likeness (QED) is 0.693. The molecule has 0 aromatic heterocycles.